The van der Waals surface area contributed by atoms with Crippen LogP contribution < -0.4 is 0 Å². The van der Waals surface area contributed by atoms with E-state index in [0.29, 0.717) is 0 Å². The van der Waals surface area contributed by atoms with Crippen LogP contribution in [-0.2, 0) is 14.3 Å². The molecule has 2 N–H and O–H groups in total. The highest BCUT2D eigenvalue weighted by Gasteiger charge is 2.31. The van der Waals surface area contributed by atoms with Crippen molar-refractivity contribution in [3.63, 3.8) is 0 Å². The molecule has 5 nitrogen and oxygen atoms in total. The van der Waals surface area contributed by atoms with Crippen molar-refractivity contribution in [3.8, 4) is 0 Å². The number of rotatable bonds is 6. The lowest BCUT2D eigenvalue weighted by molar-refractivity contribution is -0.144. The van der Waals surface area contributed by atoms with Gasteiger partial charge in [0.2, 0.25) is 0 Å². The molecule has 0 rings (SSSR count). The smallest absolute Gasteiger partial charge is 0.151 e. The Kier molecular flexibility index (Phi) is 4.22. The van der Waals surface area contributed by atoms with E-state index in [1.54, 1.807) is 0 Å². The molecule has 13 heavy (non-hydrogen) atoms. The average Bonchev–Trinajstić information content (AvgIpc) is 2.21. The minimum Gasteiger partial charge on any atom is -0.391 e. The summed E-state index contributed by atoms with van der Waals surface area (Å²) in [6.07, 6.45) is -4.40. The lowest BCUT2D eigenvalue weighted by atomic mass is 10.0. The molecule has 0 aliphatic heterocycles. The molecule has 0 fully saturated rings. The molecule has 78 valence electrons. The molecule has 0 aliphatic rings. The summed E-state index contributed by atoms with van der Waals surface area (Å²) in [6, 6.07) is 0. The standard InChI is InChI=1S/C8H16O5/c1-5(10)7(12-2)8(13-3)6(11)4-9/h4-8,10-11H,1-3H3/t5-,6-,7-,8-/m0/s1/i2D,3D. The first kappa shape index (κ1) is 9.08. The quantitative estimate of drug-likeness (QED) is 0.528. The van der Waals surface area contributed by atoms with Gasteiger partial charge in [0.25, 0.3) is 0 Å². The predicted octanol–water partition coefficient (Wildman–Crippen LogP) is -1.04. The second-order valence-corrected chi connectivity index (χ2v) is 2.63. The molecule has 0 saturated carbocycles. The third-order valence-corrected chi connectivity index (χ3v) is 1.66. The average molecular weight is 194 g/mol. The van der Waals surface area contributed by atoms with Crippen LogP contribution in [0.3, 0.4) is 0 Å². The molecule has 0 spiro atoms. The fourth-order valence-electron chi connectivity index (χ4n) is 0.974. The van der Waals surface area contributed by atoms with Gasteiger partial charge in [-0.15, -0.1) is 0 Å². The number of ether oxygens (including phenoxy) is 2. The molecule has 0 aromatic heterocycles. The first-order valence-electron chi connectivity index (χ1n) is 5.13. The number of aldehydes is 1. The van der Waals surface area contributed by atoms with Gasteiger partial charge in [-0.25, -0.2) is 0 Å². The molecule has 5 heteroatoms. The Morgan fingerprint density at radius 3 is 2.23 bits per heavy atom. The summed E-state index contributed by atoms with van der Waals surface area (Å²) in [5, 5.41) is 18.6. The van der Waals surface area contributed by atoms with Gasteiger partial charge in [0.05, 0.1) is 8.85 Å². The number of aliphatic hydroxyl groups excluding tert-OH is 2. The van der Waals surface area contributed by atoms with Crippen LogP contribution in [0, 0.1) is 0 Å². The Morgan fingerprint density at radius 2 is 1.85 bits per heavy atom. The highest BCUT2D eigenvalue weighted by atomic mass is 16.5. The van der Waals surface area contributed by atoms with E-state index in [1.807, 2.05) is 0 Å². The zero-order chi connectivity index (χ0) is 11.8. The molecule has 0 amide bonds. The largest absolute Gasteiger partial charge is 0.391 e. The molecule has 0 aromatic rings. The van der Waals surface area contributed by atoms with Crippen LogP contribution in [0.5, 0.6) is 0 Å². The van der Waals surface area contributed by atoms with Crippen LogP contribution in [-0.4, -0.2) is 55.1 Å². The van der Waals surface area contributed by atoms with Gasteiger partial charge in [-0.05, 0) is 6.92 Å². The van der Waals surface area contributed by atoms with Gasteiger partial charge >= 0.3 is 0 Å². The summed E-state index contributed by atoms with van der Waals surface area (Å²) in [6.45, 7) is 1.39. The molecular formula is C8H16O5. The van der Waals surface area contributed by atoms with Crippen LogP contribution in [0.15, 0.2) is 0 Å². The van der Waals surface area contributed by atoms with Crippen molar-refractivity contribution in [2.45, 2.75) is 31.3 Å². The number of carbonyl (C=O) groups is 1. The molecule has 0 aromatic carbocycles. The molecule has 0 heterocycles. The second kappa shape index (κ2) is 6.04. The highest BCUT2D eigenvalue weighted by molar-refractivity contribution is 5.56. The van der Waals surface area contributed by atoms with Crippen LogP contribution >= 0.6 is 0 Å². The fraction of sp³-hybridized carbons (Fsp3) is 0.875. The Balaban J connectivity index is 4.57. The first-order chi connectivity index (χ1) is 7.08. The van der Waals surface area contributed by atoms with Crippen molar-refractivity contribution in [3.05, 3.63) is 0 Å². The normalized spacial score (nSPS) is 22.4. The minimum absolute atomic E-state index is 0.239. The number of hydrogen-bond acceptors (Lipinski definition) is 5. The van der Waals surface area contributed by atoms with E-state index in [4.69, 9.17) is 12.2 Å². The van der Waals surface area contributed by atoms with Gasteiger partial charge in [0.15, 0.2) is 6.29 Å². The maximum absolute atomic E-state index is 10.4. The van der Waals surface area contributed by atoms with Gasteiger partial charge in [-0.3, -0.25) is 0 Å². The molecule has 0 radical (unpaired) electrons. The summed E-state index contributed by atoms with van der Waals surface area (Å²) < 4.78 is 23.3. The fourth-order valence-corrected chi connectivity index (χ4v) is 0.974. The lowest BCUT2D eigenvalue weighted by Crippen LogP contribution is -2.46. The maximum atomic E-state index is 10.4. The Hall–Kier alpha value is -0.490. The van der Waals surface area contributed by atoms with Gasteiger partial charge in [0, 0.05) is 14.2 Å². The van der Waals surface area contributed by atoms with Crippen molar-refractivity contribution in [1.29, 1.82) is 0 Å². The number of carbonyl (C=O) groups excluding carboxylic acids is 1. The number of hydrogen-bond donors (Lipinski definition) is 2. The maximum Gasteiger partial charge on any atom is 0.151 e. The summed E-state index contributed by atoms with van der Waals surface area (Å²) in [7, 11) is -0.904. The van der Waals surface area contributed by atoms with Gasteiger partial charge in [0.1, 0.15) is 18.3 Å². The summed E-state index contributed by atoms with van der Waals surface area (Å²) in [5.41, 5.74) is 0. The number of methoxy groups -OCH3 is 2. The van der Waals surface area contributed by atoms with E-state index < -0.39 is 38.6 Å². The summed E-state index contributed by atoms with van der Waals surface area (Å²) >= 11 is 0. The Bertz CT molecular complexity index is 178. The van der Waals surface area contributed by atoms with E-state index in [2.05, 4.69) is 0 Å². The Morgan fingerprint density at radius 1 is 1.31 bits per heavy atom. The van der Waals surface area contributed by atoms with E-state index in [0.717, 1.165) is 0 Å². The second-order valence-electron chi connectivity index (χ2n) is 2.63. The highest BCUT2D eigenvalue weighted by Crippen LogP contribution is 2.10. The van der Waals surface area contributed by atoms with E-state index >= 15 is 0 Å². The lowest BCUT2D eigenvalue weighted by Gasteiger charge is -2.28. The van der Waals surface area contributed by atoms with Crippen molar-refractivity contribution >= 4 is 6.29 Å². The van der Waals surface area contributed by atoms with Crippen LogP contribution in [0.4, 0.5) is 0 Å². The van der Waals surface area contributed by atoms with Gasteiger partial charge in [-0.2, -0.15) is 0 Å². The molecule has 0 saturated heterocycles. The SMILES string of the molecule is [2H]CO[C@H]([C@@H](OC[2H])[C@@H](O)C=O)[C@H](C)O. The summed E-state index contributed by atoms with van der Waals surface area (Å²) in [5.74, 6) is 0. The molecular weight excluding hydrogens is 176 g/mol. The van der Waals surface area contributed by atoms with Crippen LogP contribution in [0.1, 0.15) is 9.67 Å². The topological polar surface area (TPSA) is 76.0 Å². The monoisotopic (exact) mass is 194 g/mol. The van der Waals surface area contributed by atoms with Crippen molar-refractivity contribution in [1.82, 2.24) is 0 Å². The zero-order valence-electron chi connectivity index (χ0n) is 9.42. The molecule has 0 bridgehead atoms. The van der Waals surface area contributed by atoms with Crippen molar-refractivity contribution < 1.29 is 27.2 Å². The molecule has 0 aliphatic carbocycles. The van der Waals surface area contributed by atoms with Gasteiger partial charge < -0.3 is 24.5 Å². The van der Waals surface area contributed by atoms with Crippen molar-refractivity contribution in [2.75, 3.05) is 14.2 Å². The van der Waals surface area contributed by atoms with E-state index in [9.17, 15) is 15.0 Å². The van der Waals surface area contributed by atoms with Crippen LogP contribution in [0.25, 0.3) is 0 Å². The van der Waals surface area contributed by atoms with E-state index in [1.165, 1.54) is 6.92 Å². The zero-order valence-corrected chi connectivity index (χ0v) is 7.42. The molecule has 4 atom stereocenters. The van der Waals surface area contributed by atoms with Gasteiger partial charge in [-0.1, -0.05) is 0 Å². The molecule has 0 unspecified atom stereocenters. The third kappa shape index (κ3) is 3.40. The summed E-state index contributed by atoms with van der Waals surface area (Å²) in [4.78, 5) is 10.4. The first-order valence-corrected chi connectivity index (χ1v) is 3.71. The Labute approximate surface area is 80.1 Å². The minimum atomic E-state index is -1.48. The van der Waals surface area contributed by atoms with E-state index in [-0.39, 0.29) is 6.29 Å². The third-order valence-electron chi connectivity index (χ3n) is 1.66. The van der Waals surface area contributed by atoms with Crippen molar-refractivity contribution in [2.24, 2.45) is 0 Å². The number of aliphatic hydroxyl groups is 2. The predicted molar refractivity (Wildman–Crippen MR) is 45.3 cm³/mol. The van der Waals surface area contributed by atoms with Crippen LogP contribution in [0.2, 0.25) is 0 Å².